The van der Waals surface area contributed by atoms with Crippen LogP contribution in [-0.2, 0) is 0 Å². The SMILES string of the molecule is CN(CC1CCCC1)C(=O)c1ccnc(NN)c1F. The first-order valence-electron chi connectivity index (χ1n) is 6.50. The Kier molecular flexibility index (Phi) is 4.31. The van der Waals surface area contributed by atoms with Gasteiger partial charge in [0.1, 0.15) is 0 Å². The second kappa shape index (κ2) is 5.97. The molecule has 1 aliphatic rings. The second-order valence-corrected chi connectivity index (χ2v) is 5.00. The Morgan fingerprint density at radius 1 is 1.58 bits per heavy atom. The van der Waals surface area contributed by atoms with Gasteiger partial charge >= 0.3 is 0 Å². The summed E-state index contributed by atoms with van der Waals surface area (Å²) in [6.07, 6.45) is 6.10. The Morgan fingerprint density at radius 3 is 2.89 bits per heavy atom. The molecule has 0 bridgehead atoms. The average molecular weight is 266 g/mol. The number of anilines is 1. The topological polar surface area (TPSA) is 71.2 Å². The summed E-state index contributed by atoms with van der Waals surface area (Å²) in [5, 5.41) is 0. The highest BCUT2D eigenvalue weighted by molar-refractivity contribution is 5.95. The molecule has 1 amide bonds. The number of hydrogen-bond acceptors (Lipinski definition) is 4. The molecule has 3 N–H and O–H groups in total. The largest absolute Gasteiger partial charge is 0.341 e. The molecule has 0 aliphatic heterocycles. The third-order valence-corrected chi connectivity index (χ3v) is 3.61. The molecule has 5 nitrogen and oxygen atoms in total. The number of halogens is 1. The first kappa shape index (κ1) is 13.7. The summed E-state index contributed by atoms with van der Waals surface area (Å²) in [5.41, 5.74) is 2.15. The van der Waals surface area contributed by atoms with E-state index in [0.29, 0.717) is 12.5 Å². The number of pyridine rings is 1. The van der Waals surface area contributed by atoms with Crippen LogP contribution in [0.15, 0.2) is 12.3 Å². The van der Waals surface area contributed by atoms with Gasteiger partial charge in [0, 0.05) is 19.8 Å². The van der Waals surface area contributed by atoms with Crippen LogP contribution >= 0.6 is 0 Å². The lowest BCUT2D eigenvalue weighted by Crippen LogP contribution is -2.32. The minimum absolute atomic E-state index is 0.00319. The number of nitrogen functional groups attached to an aromatic ring is 1. The second-order valence-electron chi connectivity index (χ2n) is 5.00. The van der Waals surface area contributed by atoms with Gasteiger partial charge in [-0.25, -0.2) is 15.2 Å². The molecule has 2 rings (SSSR count). The van der Waals surface area contributed by atoms with Gasteiger partial charge in [-0.1, -0.05) is 12.8 Å². The van der Waals surface area contributed by atoms with Crippen LogP contribution in [0.5, 0.6) is 0 Å². The van der Waals surface area contributed by atoms with Crippen molar-refractivity contribution in [1.29, 1.82) is 0 Å². The van der Waals surface area contributed by atoms with Crippen molar-refractivity contribution in [3.05, 3.63) is 23.6 Å². The number of hydrogen-bond donors (Lipinski definition) is 2. The zero-order chi connectivity index (χ0) is 13.8. The maximum absolute atomic E-state index is 13.9. The quantitative estimate of drug-likeness (QED) is 0.643. The van der Waals surface area contributed by atoms with E-state index in [-0.39, 0.29) is 17.3 Å². The summed E-state index contributed by atoms with van der Waals surface area (Å²) in [6.45, 7) is 0.673. The number of carbonyl (C=O) groups excluding carboxylic acids is 1. The third-order valence-electron chi connectivity index (χ3n) is 3.61. The van der Waals surface area contributed by atoms with E-state index < -0.39 is 5.82 Å². The van der Waals surface area contributed by atoms with Gasteiger partial charge in [-0.2, -0.15) is 0 Å². The molecule has 1 saturated carbocycles. The van der Waals surface area contributed by atoms with E-state index in [4.69, 9.17) is 5.84 Å². The van der Waals surface area contributed by atoms with Crippen LogP contribution < -0.4 is 11.3 Å². The number of carbonyl (C=O) groups is 1. The standard InChI is InChI=1S/C13H19FN4O/c1-18(8-9-4-2-3-5-9)13(19)10-6-7-16-12(17-15)11(10)14/h6-7,9H,2-5,8,15H2,1H3,(H,16,17). The number of aromatic nitrogens is 1. The van der Waals surface area contributed by atoms with Gasteiger partial charge < -0.3 is 10.3 Å². The predicted molar refractivity (Wildman–Crippen MR) is 70.9 cm³/mol. The average Bonchev–Trinajstić information content (AvgIpc) is 2.91. The number of nitrogens with zero attached hydrogens (tertiary/aromatic N) is 2. The van der Waals surface area contributed by atoms with Crippen LogP contribution in [0.1, 0.15) is 36.0 Å². The van der Waals surface area contributed by atoms with Crippen molar-refractivity contribution in [2.24, 2.45) is 11.8 Å². The molecule has 1 heterocycles. The summed E-state index contributed by atoms with van der Waals surface area (Å²) in [7, 11) is 1.70. The molecule has 1 aliphatic carbocycles. The Labute approximate surface area is 112 Å². The van der Waals surface area contributed by atoms with Crippen molar-refractivity contribution >= 4 is 11.7 Å². The molecule has 0 radical (unpaired) electrons. The minimum atomic E-state index is -0.701. The summed E-state index contributed by atoms with van der Waals surface area (Å²) < 4.78 is 13.9. The normalized spacial score (nSPS) is 15.5. The molecule has 6 heteroatoms. The number of hydrazine groups is 1. The molecule has 0 spiro atoms. The van der Waals surface area contributed by atoms with Crippen LogP contribution in [0.25, 0.3) is 0 Å². The first-order valence-corrected chi connectivity index (χ1v) is 6.50. The van der Waals surface area contributed by atoms with E-state index in [2.05, 4.69) is 10.4 Å². The predicted octanol–water partition coefficient (Wildman–Crippen LogP) is 1.77. The molecule has 104 valence electrons. The van der Waals surface area contributed by atoms with Crippen molar-refractivity contribution in [2.75, 3.05) is 19.0 Å². The first-order chi connectivity index (χ1) is 9.13. The molecule has 0 saturated heterocycles. The zero-order valence-electron chi connectivity index (χ0n) is 11.0. The molecule has 19 heavy (non-hydrogen) atoms. The minimum Gasteiger partial charge on any atom is -0.341 e. The highest BCUT2D eigenvalue weighted by Gasteiger charge is 2.23. The Hall–Kier alpha value is -1.69. The Morgan fingerprint density at radius 2 is 2.26 bits per heavy atom. The summed E-state index contributed by atoms with van der Waals surface area (Å²) in [6, 6.07) is 1.38. The van der Waals surface area contributed by atoms with Crippen LogP contribution in [0.3, 0.4) is 0 Å². The molecule has 0 aromatic carbocycles. The maximum Gasteiger partial charge on any atom is 0.256 e. The number of nitrogens with one attached hydrogen (secondary N) is 1. The number of rotatable bonds is 4. The molecular formula is C13H19FN4O. The highest BCUT2D eigenvalue weighted by atomic mass is 19.1. The van der Waals surface area contributed by atoms with Gasteiger partial charge in [0.15, 0.2) is 11.6 Å². The van der Waals surface area contributed by atoms with Gasteiger partial charge in [0.25, 0.3) is 5.91 Å². The summed E-state index contributed by atoms with van der Waals surface area (Å²) in [5.74, 6) is 4.54. The van der Waals surface area contributed by atoms with Gasteiger partial charge in [-0.15, -0.1) is 0 Å². The number of nitrogens with two attached hydrogens (primary N) is 1. The number of amides is 1. The molecule has 1 fully saturated rings. The van der Waals surface area contributed by atoms with E-state index in [0.717, 1.165) is 12.8 Å². The van der Waals surface area contributed by atoms with E-state index in [1.165, 1.54) is 25.1 Å². The molecular weight excluding hydrogens is 247 g/mol. The fraction of sp³-hybridized carbons (Fsp3) is 0.538. The molecule has 0 atom stereocenters. The maximum atomic E-state index is 13.9. The van der Waals surface area contributed by atoms with Crippen molar-refractivity contribution in [1.82, 2.24) is 9.88 Å². The van der Waals surface area contributed by atoms with Crippen LogP contribution in [0.4, 0.5) is 10.2 Å². The summed E-state index contributed by atoms with van der Waals surface area (Å²) in [4.78, 5) is 17.5. The molecule has 1 aromatic rings. The lowest BCUT2D eigenvalue weighted by Gasteiger charge is -2.21. The highest BCUT2D eigenvalue weighted by Crippen LogP contribution is 2.26. The fourth-order valence-electron chi connectivity index (χ4n) is 2.58. The van der Waals surface area contributed by atoms with E-state index in [1.54, 1.807) is 11.9 Å². The van der Waals surface area contributed by atoms with Gasteiger partial charge in [-0.3, -0.25) is 4.79 Å². The van der Waals surface area contributed by atoms with Crippen molar-refractivity contribution in [3.63, 3.8) is 0 Å². The van der Waals surface area contributed by atoms with E-state index in [9.17, 15) is 9.18 Å². The van der Waals surface area contributed by atoms with E-state index >= 15 is 0 Å². The van der Waals surface area contributed by atoms with Crippen molar-refractivity contribution in [3.8, 4) is 0 Å². The lowest BCUT2D eigenvalue weighted by atomic mass is 10.1. The van der Waals surface area contributed by atoms with Gasteiger partial charge in [-0.05, 0) is 24.8 Å². The van der Waals surface area contributed by atoms with E-state index in [1.807, 2.05) is 0 Å². The van der Waals surface area contributed by atoms with Crippen molar-refractivity contribution in [2.45, 2.75) is 25.7 Å². The monoisotopic (exact) mass is 266 g/mol. The Balaban J connectivity index is 2.09. The smallest absolute Gasteiger partial charge is 0.256 e. The zero-order valence-corrected chi connectivity index (χ0v) is 11.0. The van der Waals surface area contributed by atoms with Crippen molar-refractivity contribution < 1.29 is 9.18 Å². The van der Waals surface area contributed by atoms with Gasteiger partial charge in [0.2, 0.25) is 0 Å². The summed E-state index contributed by atoms with van der Waals surface area (Å²) >= 11 is 0. The van der Waals surface area contributed by atoms with Gasteiger partial charge in [0.05, 0.1) is 5.56 Å². The third kappa shape index (κ3) is 3.01. The van der Waals surface area contributed by atoms with Crippen LogP contribution in [0.2, 0.25) is 0 Å². The molecule has 0 unspecified atom stereocenters. The lowest BCUT2D eigenvalue weighted by molar-refractivity contribution is 0.0768. The fourth-order valence-corrected chi connectivity index (χ4v) is 2.58. The Bertz CT molecular complexity index is 460. The molecule has 1 aromatic heterocycles. The van der Waals surface area contributed by atoms with Crippen LogP contribution in [-0.4, -0.2) is 29.4 Å². The van der Waals surface area contributed by atoms with Crippen LogP contribution in [0, 0.1) is 11.7 Å².